The second kappa shape index (κ2) is 9.23. The molecule has 3 aliphatic heterocycles. The Balaban J connectivity index is 1.27. The molecule has 2 fully saturated rings. The standard InChI is InChI=1S/C22H32BrN3O3/c1-16-9-17(2)13-26(12-16)22(27)15-25-5-3-24(4-6-25)14-18-10-20-21(11-19(18)23)29-8-7-28-20/h10-11,16-17H,3-9,12-15H2,1-2H3. The quantitative estimate of drug-likeness (QED) is 0.683. The molecule has 0 radical (unpaired) electrons. The van der Waals surface area contributed by atoms with E-state index >= 15 is 0 Å². The lowest BCUT2D eigenvalue weighted by molar-refractivity contribution is -0.135. The number of ether oxygens (including phenoxy) is 2. The molecule has 160 valence electrons. The maximum atomic E-state index is 12.7. The number of carbonyl (C=O) groups is 1. The van der Waals surface area contributed by atoms with Crippen LogP contribution in [0.3, 0.4) is 0 Å². The smallest absolute Gasteiger partial charge is 0.236 e. The number of rotatable bonds is 4. The molecule has 7 heteroatoms. The van der Waals surface area contributed by atoms with E-state index in [0.29, 0.717) is 37.5 Å². The zero-order chi connectivity index (χ0) is 20.4. The van der Waals surface area contributed by atoms with Crippen LogP contribution in [0.1, 0.15) is 25.8 Å². The highest BCUT2D eigenvalue weighted by molar-refractivity contribution is 9.10. The summed E-state index contributed by atoms with van der Waals surface area (Å²) in [6.45, 7) is 12.8. The third kappa shape index (κ3) is 5.25. The number of hydrogen-bond donors (Lipinski definition) is 0. The maximum Gasteiger partial charge on any atom is 0.236 e. The monoisotopic (exact) mass is 465 g/mol. The van der Waals surface area contributed by atoms with Gasteiger partial charge in [-0.2, -0.15) is 0 Å². The summed E-state index contributed by atoms with van der Waals surface area (Å²) in [5, 5.41) is 0. The molecular formula is C22H32BrN3O3. The van der Waals surface area contributed by atoms with Crippen molar-refractivity contribution in [1.29, 1.82) is 0 Å². The van der Waals surface area contributed by atoms with Crippen molar-refractivity contribution < 1.29 is 14.3 Å². The number of fused-ring (bicyclic) bond motifs is 1. The predicted octanol–water partition coefficient (Wildman–Crippen LogP) is 2.84. The molecule has 1 aromatic carbocycles. The lowest BCUT2D eigenvalue weighted by Gasteiger charge is -2.38. The molecule has 0 N–H and O–H groups in total. The molecule has 1 amide bonds. The molecule has 2 atom stereocenters. The molecule has 3 heterocycles. The van der Waals surface area contributed by atoms with Crippen LogP contribution >= 0.6 is 15.9 Å². The van der Waals surface area contributed by atoms with E-state index in [1.165, 1.54) is 12.0 Å². The number of hydrogen-bond acceptors (Lipinski definition) is 5. The van der Waals surface area contributed by atoms with Crippen molar-refractivity contribution in [2.45, 2.75) is 26.8 Å². The second-order valence-corrected chi connectivity index (χ2v) is 9.74. The topological polar surface area (TPSA) is 45.3 Å². The number of carbonyl (C=O) groups excluding carboxylic acids is 1. The van der Waals surface area contributed by atoms with E-state index < -0.39 is 0 Å². The van der Waals surface area contributed by atoms with Gasteiger partial charge in [-0.3, -0.25) is 14.6 Å². The van der Waals surface area contributed by atoms with Gasteiger partial charge in [0, 0.05) is 50.3 Å². The summed E-state index contributed by atoms with van der Waals surface area (Å²) < 4.78 is 12.4. The molecular weight excluding hydrogens is 434 g/mol. The molecule has 0 aromatic heterocycles. The minimum absolute atomic E-state index is 0.298. The van der Waals surface area contributed by atoms with Gasteiger partial charge in [0.1, 0.15) is 13.2 Å². The Labute approximate surface area is 182 Å². The van der Waals surface area contributed by atoms with Gasteiger partial charge in [0.2, 0.25) is 5.91 Å². The van der Waals surface area contributed by atoms with Crippen LogP contribution in [-0.2, 0) is 11.3 Å². The Hall–Kier alpha value is -1.31. The Bertz CT molecular complexity index is 726. The van der Waals surface area contributed by atoms with Crippen LogP contribution in [0.4, 0.5) is 0 Å². The highest BCUT2D eigenvalue weighted by Gasteiger charge is 2.27. The predicted molar refractivity (Wildman–Crippen MR) is 116 cm³/mol. The van der Waals surface area contributed by atoms with Crippen LogP contribution in [0.15, 0.2) is 16.6 Å². The lowest BCUT2D eigenvalue weighted by atomic mass is 9.92. The largest absolute Gasteiger partial charge is 0.486 e. The average Bonchev–Trinajstić information content (AvgIpc) is 2.69. The molecule has 0 saturated carbocycles. The highest BCUT2D eigenvalue weighted by atomic mass is 79.9. The minimum atomic E-state index is 0.298. The van der Waals surface area contributed by atoms with E-state index in [0.717, 1.165) is 61.8 Å². The Morgan fingerprint density at radius 2 is 1.59 bits per heavy atom. The van der Waals surface area contributed by atoms with E-state index in [2.05, 4.69) is 50.5 Å². The third-order valence-corrected chi connectivity index (χ3v) is 6.89. The van der Waals surface area contributed by atoms with E-state index in [9.17, 15) is 4.79 Å². The van der Waals surface area contributed by atoms with Gasteiger partial charge >= 0.3 is 0 Å². The van der Waals surface area contributed by atoms with E-state index in [4.69, 9.17) is 9.47 Å². The molecule has 0 bridgehead atoms. The van der Waals surface area contributed by atoms with Gasteiger partial charge in [0.15, 0.2) is 11.5 Å². The summed E-state index contributed by atoms with van der Waals surface area (Å²) in [5.41, 5.74) is 1.22. The summed E-state index contributed by atoms with van der Waals surface area (Å²) in [7, 11) is 0. The molecule has 0 spiro atoms. The summed E-state index contributed by atoms with van der Waals surface area (Å²) in [5.74, 6) is 3.18. The number of amides is 1. The Morgan fingerprint density at radius 1 is 1.00 bits per heavy atom. The average molecular weight is 466 g/mol. The highest BCUT2D eigenvalue weighted by Crippen LogP contribution is 2.36. The van der Waals surface area contributed by atoms with Crippen LogP contribution in [0, 0.1) is 11.8 Å². The van der Waals surface area contributed by atoms with E-state index in [1.807, 2.05) is 6.07 Å². The van der Waals surface area contributed by atoms with E-state index in [1.54, 1.807) is 0 Å². The number of piperazine rings is 1. The fraction of sp³-hybridized carbons (Fsp3) is 0.682. The van der Waals surface area contributed by atoms with Crippen molar-refractivity contribution in [2.24, 2.45) is 11.8 Å². The van der Waals surface area contributed by atoms with Crippen molar-refractivity contribution in [3.8, 4) is 11.5 Å². The second-order valence-electron chi connectivity index (χ2n) is 8.88. The fourth-order valence-corrected chi connectivity index (χ4v) is 5.18. The van der Waals surface area contributed by atoms with Crippen molar-refractivity contribution >= 4 is 21.8 Å². The first-order valence-corrected chi connectivity index (χ1v) is 11.6. The first-order chi connectivity index (χ1) is 14.0. The minimum Gasteiger partial charge on any atom is -0.486 e. The van der Waals surface area contributed by atoms with Gasteiger partial charge in [0.05, 0.1) is 6.54 Å². The number of benzene rings is 1. The molecule has 2 saturated heterocycles. The zero-order valence-electron chi connectivity index (χ0n) is 17.5. The Morgan fingerprint density at radius 3 is 2.24 bits per heavy atom. The first-order valence-electron chi connectivity index (χ1n) is 10.8. The van der Waals surface area contributed by atoms with Gasteiger partial charge in [-0.15, -0.1) is 0 Å². The van der Waals surface area contributed by atoms with Crippen LogP contribution in [0.25, 0.3) is 0 Å². The maximum absolute atomic E-state index is 12.7. The lowest BCUT2D eigenvalue weighted by Crippen LogP contribution is -2.51. The zero-order valence-corrected chi connectivity index (χ0v) is 19.1. The van der Waals surface area contributed by atoms with Crippen molar-refractivity contribution in [3.05, 3.63) is 22.2 Å². The van der Waals surface area contributed by atoms with Crippen LogP contribution in [0.5, 0.6) is 11.5 Å². The van der Waals surface area contributed by atoms with Gasteiger partial charge < -0.3 is 14.4 Å². The molecule has 4 rings (SSSR count). The van der Waals surface area contributed by atoms with Crippen molar-refractivity contribution in [2.75, 3.05) is 59.0 Å². The van der Waals surface area contributed by atoms with E-state index in [-0.39, 0.29) is 0 Å². The number of likely N-dealkylation sites (tertiary alicyclic amines) is 1. The SMILES string of the molecule is CC1CC(C)CN(C(=O)CN2CCN(Cc3cc4c(cc3Br)OCCO4)CC2)C1. The van der Waals surface area contributed by atoms with Crippen LogP contribution < -0.4 is 9.47 Å². The molecule has 29 heavy (non-hydrogen) atoms. The fourth-order valence-electron chi connectivity index (χ4n) is 4.73. The van der Waals surface area contributed by atoms with Crippen LogP contribution in [-0.4, -0.2) is 79.6 Å². The van der Waals surface area contributed by atoms with Gasteiger partial charge in [-0.1, -0.05) is 29.8 Å². The summed E-state index contributed by atoms with van der Waals surface area (Å²) in [6, 6.07) is 4.10. The molecule has 0 aliphatic carbocycles. The first kappa shape index (κ1) is 20.9. The number of halogens is 1. The summed E-state index contributed by atoms with van der Waals surface area (Å²) >= 11 is 3.68. The van der Waals surface area contributed by atoms with Gasteiger partial charge in [-0.05, 0) is 36.0 Å². The summed E-state index contributed by atoms with van der Waals surface area (Å²) in [6.07, 6.45) is 1.23. The van der Waals surface area contributed by atoms with Crippen molar-refractivity contribution in [3.63, 3.8) is 0 Å². The molecule has 3 aliphatic rings. The van der Waals surface area contributed by atoms with Gasteiger partial charge in [-0.25, -0.2) is 0 Å². The molecule has 1 aromatic rings. The number of nitrogens with zero attached hydrogens (tertiary/aromatic N) is 3. The third-order valence-electron chi connectivity index (χ3n) is 6.15. The Kier molecular flexibility index (Phi) is 6.66. The molecule has 6 nitrogen and oxygen atoms in total. The van der Waals surface area contributed by atoms with Crippen LogP contribution in [0.2, 0.25) is 0 Å². The normalized spacial score (nSPS) is 25.8. The molecule has 2 unspecified atom stereocenters. The van der Waals surface area contributed by atoms with Crippen molar-refractivity contribution in [1.82, 2.24) is 14.7 Å². The number of piperidine rings is 1. The summed E-state index contributed by atoms with van der Waals surface area (Å²) in [4.78, 5) is 19.6. The van der Waals surface area contributed by atoms with Gasteiger partial charge in [0.25, 0.3) is 0 Å².